The molecule has 2 atom stereocenters. The van der Waals surface area contributed by atoms with E-state index in [4.69, 9.17) is 0 Å². The van der Waals surface area contributed by atoms with Gasteiger partial charge < -0.3 is 5.11 Å². The summed E-state index contributed by atoms with van der Waals surface area (Å²) in [5, 5.41) is 10.3. The Bertz CT molecular complexity index is 361. The molecule has 1 aromatic carbocycles. The van der Waals surface area contributed by atoms with E-state index in [2.05, 4.69) is 41.9 Å². The molecule has 1 N–H and O–H groups in total. The largest absolute Gasteiger partial charge is 0.385 e. The zero-order chi connectivity index (χ0) is 10.3. The van der Waals surface area contributed by atoms with Crippen LogP contribution in [-0.2, 0) is 5.60 Å². The van der Waals surface area contributed by atoms with Crippen molar-refractivity contribution in [1.82, 2.24) is 0 Å². The monoisotopic (exact) mass is 254 g/mol. The van der Waals surface area contributed by atoms with Crippen LogP contribution in [0.5, 0.6) is 0 Å². The number of aryl methyl sites for hydroxylation is 1. The summed E-state index contributed by atoms with van der Waals surface area (Å²) in [4.78, 5) is 0. The van der Waals surface area contributed by atoms with E-state index in [1.165, 1.54) is 5.56 Å². The van der Waals surface area contributed by atoms with Crippen LogP contribution in [0.15, 0.2) is 22.7 Å². The van der Waals surface area contributed by atoms with Gasteiger partial charge in [0.1, 0.15) is 0 Å². The van der Waals surface area contributed by atoms with Crippen molar-refractivity contribution in [1.29, 1.82) is 0 Å². The minimum Gasteiger partial charge on any atom is -0.385 e. The number of aliphatic hydroxyl groups is 1. The Balaban J connectivity index is 2.34. The molecule has 1 fully saturated rings. The fourth-order valence-electron chi connectivity index (χ4n) is 2.10. The molecule has 1 saturated carbocycles. The number of benzene rings is 1. The molecule has 1 aliphatic rings. The molecule has 0 amide bonds. The molecule has 1 aromatic rings. The smallest absolute Gasteiger partial charge is 0.0940 e. The predicted molar refractivity (Wildman–Crippen MR) is 61.2 cm³/mol. The molecule has 0 saturated heterocycles. The summed E-state index contributed by atoms with van der Waals surface area (Å²) in [7, 11) is 0. The highest BCUT2D eigenvalue weighted by molar-refractivity contribution is 9.10. The topological polar surface area (TPSA) is 20.2 Å². The second-order valence-corrected chi connectivity index (χ2v) is 5.07. The quantitative estimate of drug-likeness (QED) is 0.858. The third-order valence-corrected chi connectivity index (χ3v) is 3.81. The number of halogens is 1. The summed E-state index contributed by atoms with van der Waals surface area (Å²) in [5.74, 6) is 0.446. The van der Waals surface area contributed by atoms with E-state index in [0.29, 0.717) is 5.92 Å². The second kappa shape index (κ2) is 3.35. The highest BCUT2D eigenvalue weighted by Crippen LogP contribution is 2.55. The molecular weight excluding hydrogens is 240 g/mol. The van der Waals surface area contributed by atoms with Crippen LogP contribution in [0.4, 0.5) is 0 Å². The molecule has 2 unspecified atom stereocenters. The average molecular weight is 255 g/mol. The van der Waals surface area contributed by atoms with Gasteiger partial charge in [-0.05, 0) is 36.5 Å². The van der Waals surface area contributed by atoms with Gasteiger partial charge >= 0.3 is 0 Å². The molecule has 1 nitrogen and oxygen atoms in total. The normalized spacial score (nSPS) is 30.4. The van der Waals surface area contributed by atoms with Crippen molar-refractivity contribution in [2.24, 2.45) is 5.92 Å². The Kier molecular flexibility index (Phi) is 2.44. The molecule has 2 rings (SSSR count). The second-order valence-electron chi connectivity index (χ2n) is 4.22. The molecule has 76 valence electrons. The van der Waals surface area contributed by atoms with Crippen LogP contribution in [0.25, 0.3) is 0 Å². The lowest BCUT2D eigenvalue weighted by molar-refractivity contribution is 0.129. The van der Waals surface area contributed by atoms with Crippen LogP contribution in [0.2, 0.25) is 0 Å². The first-order valence-electron chi connectivity index (χ1n) is 5.07. The summed E-state index contributed by atoms with van der Waals surface area (Å²) < 4.78 is 1.04. The van der Waals surface area contributed by atoms with E-state index < -0.39 is 5.60 Å². The maximum absolute atomic E-state index is 10.3. The standard InChI is InChI=1S/C12H15BrO/c1-3-9-7-12(9,14)10-5-4-8(2)6-11(10)13/h4-6,9,14H,3,7H2,1-2H3. The number of hydrogen-bond donors (Lipinski definition) is 1. The maximum Gasteiger partial charge on any atom is 0.0940 e. The molecule has 0 aromatic heterocycles. The molecule has 0 aliphatic heterocycles. The molecule has 0 radical (unpaired) electrons. The van der Waals surface area contributed by atoms with Crippen LogP contribution in [-0.4, -0.2) is 5.11 Å². The maximum atomic E-state index is 10.3. The minimum atomic E-state index is -0.554. The van der Waals surface area contributed by atoms with Gasteiger partial charge in [0.05, 0.1) is 5.60 Å². The van der Waals surface area contributed by atoms with Crippen LogP contribution >= 0.6 is 15.9 Å². The summed E-state index contributed by atoms with van der Waals surface area (Å²) in [6.45, 7) is 4.19. The van der Waals surface area contributed by atoms with Crippen molar-refractivity contribution in [3.05, 3.63) is 33.8 Å². The zero-order valence-corrected chi connectivity index (χ0v) is 10.1. The Morgan fingerprint density at radius 1 is 1.57 bits per heavy atom. The van der Waals surface area contributed by atoms with E-state index in [9.17, 15) is 5.11 Å². The van der Waals surface area contributed by atoms with Crippen molar-refractivity contribution >= 4 is 15.9 Å². The van der Waals surface area contributed by atoms with E-state index in [-0.39, 0.29) is 0 Å². The minimum absolute atomic E-state index is 0.446. The molecule has 0 heterocycles. The van der Waals surface area contributed by atoms with Crippen LogP contribution in [0.3, 0.4) is 0 Å². The van der Waals surface area contributed by atoms with Gasteiger partial charge in [-0.1, -0.05) is 41.4 Å². The van der Waals surface area contributed by atoms with Crippen molar-refractivity contribution in [2.45, 2.75) is 32.3 Å². The Morgan fingerprint density at radius 3 is 2.79 bits per heavy atom. The number of rotatable bonds is 2. The van der Waals surface area contributed by atoms with Crippen molar-refractivity contribution in [3.8, 4) is 0 Å². The predicted octanol–water partition coefficient (Wildman–Crippen LogP) is 3.38. The first kappa shape index (κ1) is 10.2. The third-order valence-electron chi connectivity index (χ3n) is 3.16. The van der Waals surface area contributed by atoms with E-state index in [0.717, 1.165) is 22.9 Å². The van der Waals surface area contributed by atoms with E-state index in [1.807, 2.05) is 6.07 Å². The molecule has 0 bridgehead atoms. The summed E-state index contributed by atoms with van der Waals surface area (Å²) in [6, 6.07) is 6.16. The van der Waals surface area contributed by atoms with Crippen LogP contribution < -0.4 is 0 Å². The van der Waals surface area contributed by atoms with Gasteiger partial charge in [-0.2, -0.15) is 0 Å². The Hall–Kier alpha value is -0.340. The fourth-order valence-corrected chi connectivity index (χ4v) is 2.94. The average Bonchev–Trinajstić information content (AvgIpc) is 2.77. The Morgan fingerprint density at radius 2 is 2.29 bits per heavy atom. The molecule has 14 heavy (non-hydrogen) atoms. The lowest BCUT2D eigenvalue weighted by atomic mass is 10.0. The van der Waals surface area contributed by atoms with Gasteiger partial charge in [-0.3, -0.25) is 0 Å². The van der Waals surface area contributed by atoms with Gasteiger partial charge in [0.2, 0.25) is 0 Å². The summed E-state index contributed by atoms with van der Waals surface area (Å²) in [6.07, 6.45) is 1.96. The highest BCUT2D eigenvalue weighted by Gasteiger charge is 2.53. The molecule has 0 spiro atoms. The third kappa shape index (κ3) is 1.51. The summed E-state index contributed by atoms with van der Waals surface area (Å²) in [5.41, 5.74) is 1.72. The van der Waals surface area contributed by atoms with E-state index in [1.54, 1.807) is 0 Å². The molecular formula is C12H15BrO. The Labute approximate surface area is 93.3 Å². The van der Waals surface area contributed by atoms with Gasteiger partial charge in [0, 0.05) is 4.47 Å². The van der Waals surface area contributed by atoms with Crippen molar-refractivity contribution in [3.63, 3.8) is 0 Å². The van der Waals surface area contributed by atoms with Gasteiger partial charge in [0.15, 0.2) is 0 Å². The van der Waals surface area contributed by atoms with Crippen molar-refractivity contribution < 1.29 is 5.11 Å². The van der Waals surface area contributed by atoms with Crippen LogP contribution in [0.1, 0.15) is 30.9 Å². The first-order chi connectivity index (χ1) is 6.58. The van der Waals surface area contributed by atoms with Gasteiger partial charge in [0.25, 0.3) is 0 Å². The zero-order valence-electron chi connectivity index (χ0n) is 8.55. The van der Waals surface area contributed by atoms with Gasteiger partial charge in [-0.25, -0.2) is 0 Å². The number of hydrogen-bond acceptors (Lipinski definition) is 1. The highest BCUT2D eigenvalue weighted by atomic mass is 79.9. The van der Waals surface area contributed by atoms with Crippen LogP contribution in [0, 0.1) is 12.8 Å². The first-order valence-corrected chi connectivity index (χ1v) is 5.86. The molecule has 2 heteroatoms. The lowest BCUT2D eigenvalue weighted by Crippen LogP contribution is -2.09. The lowest BCUT2D eigenvalue weighted by Gasteiger charge is -2.13. The van der Waals surface area contributed by atoms with Gasteiger partial charge in [-0.15, -0.1) is 0 Å². The molecule has 1 aliphatic carbocycles. The SMILES string of the molecule is CCC1CC1(O)c1ccc(C)cc1Br. The van der Waals surface area contributed by atoms with E-state index >= 15 is 0 Å². The summed E-state index contributed by atoms with van der Waals surface area (Å²) >= 11 is 3.52. The van der Waals surface area contributed by atoms with Crippen molar-refractivity contribution in [2.75, 3.05) is 0 Å². The fraction of sp³-hybridized carbons (Fsp3) is 0.500.